The predicted octanol–water partition coefficient (Wildman–Crippen LogP) is -0.513. The first-order valence-corrected chi connectivity index (χ1v) is 8.61. The van der Waals surface area contributed by atoms with Crippen LogP contribution in [-0.4, -0.2) is 83.0 Å². The average molecular weight is 321 g/mol. The number of amides is 1. The van der Waals surface area contributed by atoms with Crippen LogP contribution in [0.1, 0.15) is 24.5 Å². The van der Waals surface area contributed by atoms with Gasteiger partial charge in [-0.05, 0) is 25.5 Å². The van der Waals surface area contributed by atoms with Gasteiger partial charge in [0.05, 0.1) is 12.3 Å². The molecule has 1 aromatic rings. The summed E-state index contributed by atoms with van der Waals surface area (Å²) in [5.74, 6) is 0.604. The lowest BCUT2D eigenvalue weighted by atomic mass is 9.97. The molecule has 2 fully saturated rings. The third kappa shape index (κ3) is 4.31. The third-order valence-corrected chi connectivity index (χ3v) is 4.81. The maximum Gasteiger partial charge on any atom is 0.244 e. The van der Waals surface area contributed by atoms with E-state index in [-0.39, 0.29) is 12.5 Å². The van der Waals surface area contributed by atoms with Crippen LogP contribution in [0.4, 0.5) is 0 Å². The lowest BCUT2D eigenvalue weighted by molar-refractivity contribution is -0.133. The smallest absolute Gasteiger partial charge is 0.244 e. The molecule has 3 heterocycles. The second kappa shape index (κ2) is 7.90. The van der Waals surface area contributed by atoms with Crippen molar-refractivity contribution in [3.63, 3.8) is 0 Å². The van der Waals surface area contributed by atoms with Crippen LogP contribution in [0.5, 0.6) is 0 Å². The first-order valence-electron chi connectivity index (χ1n) is 8.61. The van der Waals surface area contributed by atoms with Gasteiger partial charge >= 0.3 is 0 Å². The van der Waals surface area contributed by atoms with Crippen molar-refractivity contribution < 1.29 is 9.90 Å². The molecule has 0 aliphatic carbocycles. The van der Waals surface area contributed by atoms with Crippen molar-refractivity contribution in [2.75, 3.05) is 52.4 Å². The van der Waals surface area contributed by atoms with E-state index in [0.717, 1.165) is 45.0 Å². The average Bonchev–Trinajstić information content (AvgIpc) is 3.05. The molecule has 1 aromatic heterocycles. The van der Waals surface area contributed by atoms with E-state index >= 15 is 0 Å². The van der Waals surface area contributed by atoms with Crippen LogP contribution in [0.25, 0.3) is 0 Å². The summed E-state index contributed by atoms with van der Waals surface area (Å²) in [5, 5.41) is 17.0. The number of aliphatic hydroxyl groups excluding tert-OH is 1. The number of carbonyl (C=O) groups excluding carboxylic acids is 1. The van der Waals surface area contributed by atoms with Gasteiger partial charge < -0.3 is 15.3 Å². The van der Waals surface area contributed by atoms with Crippen LogP contribution in [0, 0.1) is 0 Å². The molecule has 2 aliphatic rings. The maximum atomic E-state index is 12.4. The summed E-state index contributed by atoms with van der Waals surface area (Å²) in [5.41, 5.74) is 1.10. The van der Waals surface area contributed by atoms with E-state index in [2.05, 4.69) is 15.3 Å². The van der Waals surface area contributed by atoms with Gasteiger partial charge in [0.15, 0.2) is 0 Å². The second-order valence-electron chi connectivity index (χ2n) is 6.43. The quantitative estimate of drug-likeness (QED) is 0.764. The second-order valence-corrected chi connectivity index (χ2v) is 6.43. The van der Waals surface area contributed by atoms with Gasteiger partial charge in [-0.15, -0.1) is 0 Å². The normalized spacial score (nSPS) is 23.2. The lowest BCUT2D eigenvalue weighted by Crippen LogP contribution is -2.50. The summed E-state index contributed by atoms with van der Waals surface area (Å²) in [6, 6.07) is 2.05. The predicted molar refractivity (Wildman–Crippen MR) is 87.2 cm³/mol. The SMILES string of the molecule is O=C(Cn1ccc(C2CCCNC2)n1)N1CCN(CCO)CC1. The van der Waals surface area contributed by atoms with E-state index in [0.29, 0.717) is 19.0 Å². The van der Waals surface area contributed by atoms with Gasteiger partial charge in [0.2, 0.25) is 5.91 Å². The number of nitrogens with one attached hydrogen (secondary N) is 1. The van der Waals surface area contributed by atoms with E-state index in [9.17, 15) is 4.79 Å². The number of aromatic nitrogens is 2. The van der Waals surface area contributed by atoms with Gasteiger partial charge in [0.1, 0.15) is 6.54 Å². The van der Waals surface area contributed by atoms with E-state index in [1.54, 1.807) is 4.68 Å². The fourth-order valence-electron chi connectivity index (χ4n) is 3.39. The summed E-state index contributed by atoms with van der Waals surface area (Å²) in [6.45, 7) is 6.42. The van der Waals surface area contributed by atoms with Crippen molar-refractivity contribution in [2.45, 2.75) is 25.3 Å². The van der Waals surface area contributed by atoms with Crippen LogP contribution in [0.3, 0.4) is 0 Å². The Hall–Kier alpha value is -1.44. The Morgan fingerprint density at radius 1 is 1.35 bits per heavy atom. The van der Waals surface area contributed by atoms with Gasteiger partial charge in [-0.25, -0.2) is 0 Å². The molecule has 128 valence electrons. The number of rotatable bonds is 5. The minimum absolute atomic E-state index is 0.130. The Morgan fingerprint density at radius 2 is 2.17 bits per heavy atom. The first kappa shape index (κ1) is 16.4. The van der Waals surface area contributed by atoms with Crippen molar-refractivity contribution in [1.82, 2.24) is 24.9 Å². The molecular weight excluding hydrogens is 294 g/mol. The van der Waals surface area contributed by atoms with E-state index < -0.39 is 0 Å². The molecule has 1 atom stereocenters. The number of hydrogen-bond acceptors (Lipinski definition) is 5. The Kier molecular flexibility index (Phi) is 5.64. The molecule has 0 radical (unpaired) electrons. The first-order chi connectivity index (χ1) is 11.3. The fraction of sp³-hybridized carbons (Fsp3) is 0.750. The third-order valence-electron chi connectivity index (χ3n) is 4.81. The molecule has 0 aromatic carbocycles. The van der Waals surface area contributed by atoms with Crippen molar-refractivity contribution in [1.29, 1.82) is 0 Å². The van der Waals surface area contributed by atoms with E-state index in [1.165, 1.54) is 12.8 Å². The molecule has 1 amide bonds. The van der Waals surface area contributed by atoms with Crippen LogP contribution in [0.15, 0.2) is 12.3 Å². The Balaban J connectivity index is 1.49. The monoisotopic (exact) mass is 321 g/mol. The van der Waals surface area contributed by atoms with Gasteiger partial charge in [-0.1, -0.05) is 0 Å². The van der Waals surface area contributed by atoms with Crippen LogP contribution in [-0.2, 0) is 11.3 Å². The van der Waals surface area contributed by atoms with Gasteiger partial charge in [-0.3, -0.25) is 14.4 Å². The zero-order chi connectivity index (χ0) is 16.1. The lowest BCUT2D eigenvalue weighted by Gasteiger charge is -2.34. The van der Waals surface area contributed by atoms with Crippen molar-refractivity contribution in [3.8, 4) is 0 Å². The Labute approximate surface area is 137 Å². The van der Waals surface area contributed by atoms with Crippen LogP contribution >= 0.6 is 0 Å². The van der Waals surface area contributed by atoms with Crippen molar-refractivity contribution in [3.05, 3.63) is 18.0 Å². The van der Waals surface area contributed by atoms with E-state index in [1.807, 2.05) is 17.2 Å². The number of piperazine rings is 1. The number of nitrogens with zero attached hydrogens (tertiary/aromatic N) is 4. The van der Waals surface area contributed by atoms with Gasteiger partial charge in [0, 0.05) is 51.4 Å². The van der Waals surface area contributed by atoms with Crippen LogP contribution in [0.2, 0.25) is 0 Å². The Bertz CT molecular complexity index is 504. The van der Waals surface area contributed by atoms with Crippen molar-refractivity contribution in [2.24, 2.45) is 0 Å². The summed E-state index contributed by atoms with van der Waals surface area (Å²) in [4.78, 5) is 16.5. The summed E-state index contributed by atoms with van der Waals surface area (Å²) in [7, 11) is 0. The molecule has 7 heteroatoms. The summed E-state index contributed by atoms with van der Waals surface area (Å²) in [6.07, 6.45) is 4.28. The standard InChI is InChI=1S/C16H27N5O2/c22-11-10-19-6-8-20(9-7-19)16(23)13-21-5-3-15(18-21)14-2-1-4-17-12-14/h3,5,14,17,22H,1-2,4,6-13H2. The molecule has 0 spiro atoms. The fourth-order valence-corrected chi connectivity index (χ4v) is 3.39. The molecule has 0 saturated carbocycles. The molecular formula is C16H27N5O2. The largest absolute Gasteiger partial charge is 0.395 e. The highest BCUT2D eigenvalue weighted by molar-refractivity contribution is 5.76. The minimum Gasteiger partial charge on any atom is -0.395 e. The molecule has 2 aliphatic heterocycles. The highest BCUT2D eigenvalue weighted by Crippen LogP contribution is 2.21. The highest BCUT2D eigenvalue weighted by Gasteiger charge is 2.22. The summed E-state index contributed by atoms with van der Waals surface area (Å²) >= 11 is 0. The number of hydrogen-bond donors (Lipinski definition) is 2. The van der Waals surface area contributed by atoms with Gasteiger partial charge in [-0.2, -0.15) is 5.10 Å². The number of carbonyl (C=O) groups is 1. The van der Waals surface area contributed by atoms with Crippen molar-refractivity contribution >= 4 is 5.91 Å². The molecule has 1 unspecified atom stereocenters. The Morgan fingerprint density at radius 3 is 2.87 bits per heavy atom. The number of β-amino-alcohol motifs (C(OH)–C–C–N with tert-alkyl or cyclic N) is 1. The molecule has 0 bridgehead atoms. The molecule has 7 nitrogen and oxygen atoms in total. The van der Waals surface area contributed by atoms with E-state index in [4.69, 9.17) is 5.11 Å². The van der Waals surface area contributed by atoms with Crippen LogP contribution < -0.4 is 5.32 Å². The summed E-state index contributed by atoms with van der Waals surface area (Å²) < 4.78 is 1.77. The minimum atomic E-state index is 0.130. The topological polar surface area (TPSA) is 73.6 Å². The highest BCUT2D eigenvalue weighted by atomic mass is 16.3. The molecule has 2 saturated heterocycles. The molecule has 3 rings (SSSR count). The number of piperidine rings is 1. The number of aliphatic hydroxyl groups is 1. The van der Waals surface area contributed by atoms with Gasteiger partial charge in [0.25, 0.3) is 0 Å². The molecule has 2 N–H and O–H groups in total. The maximum absolute atomic E-state index is 12.4. The molecule has 23 heavy (non-hydrogen) atoms. The zero-order valence-corrected chi connectivity index (χ0v) is 13.7. The zero-order valence-electron chi connectivity index (χ0n) is 13.7.